The molecule has 0 bridgehead atoms. The van der Waals surface area contributed by atoms with Crippen LogP contribution in [0.2, 0.25) is 0 Å². The van der Waals surface area contributed by atoms with Gasteiger partial charge in [-0.25, -0.2) is 4.79 Å². The Hall–Kier alpha value is -0.750. The minimum atomic E-state index is -0.974. The van der Waals surface area contributed by atoms with Gasteiger partial charge in [-0.15, -0.1) is 0 Å². The molecule has 2 N–H and O–H groups in total. The van der Waals surface area contributed by atoms with Crippen LogP contribution in [0.25, 0.3) is 0 Å². The second-order valence-corrected chi connectivity index (χ2v) is 5.14. The molecule has 1 fully saturated rings. The number of carbonyl (C=O) groups is 2. The molecule has 1 heterocycles. The molecule has 2 unspecified atom stereocenters. The van der Waals surface area contributed by atoms with Crippen LogP contribution in [0.1, 0.15) is 19.8 Å². The van der Waals surface area contributed by atoms with Gasteiger partial charge in [-0.05, 0) is 18.6 Å². The van der Waals surface area contributed by atoms with Crippen LogP contribution in [0.5, 0.6) is 0 Å². The Kier molecular flexibility index (Phi) is 5.62. The molecule has 6 heteroatoms. The zero-order valence-electron chi connectivity index (χ0n) is 9.27. The first-order valence-electron chi connectivity index (χ1n) is 5.29. The Morgan fingerprint density at radius 3 is 2.88 bits per heavy atom. The number of hydrogen-bond acceptors (Lipinski definition) is 4. The fourth-order valence-electron chi connectivity index (χ4n) is 1.50. The summed E-state index contributed by atoms with van der Waals surface area (Å²) in [6, 6.07) is -0.771. The summed E-state index contributed by atoms with van der Waals surface area (Å²) in [5.41, 5.74) is 0. The average molecular weight is 247 g/mol. The Bertz CT molecular complexity index is 253. The smallest absolute Gasteiger partial charge is 0.326 e. The predicted octanol–water partition coefficient (Wildman–Crippen LogP) is 0.488. The van der Waals surface area contributed by atoms with Gasteiger partial charge in [0, 0.05) is 18.8 Å². The van der Waals surface area contributed by atoms with Gasteiger partial charge in [-0.2, -0.15) is 11.8 Å². The van der Waals surface area contributed by atoms with Crippen LogP contribution in [0, 0.1) is 0 Å². The van der Waals surface area contributed by atoms with Gasteiger partial charge in [0.25, 0.3) is 0 Å². The summed E-state index contributed by atoms with van der Waals surface area (Å²) in [6.45, 7) is 2.88. The van der Waals surface area contributed by atoms with E-state index in [9.17, 15) is 9.59 Å². The minimum absolute atomic E-state index is 0.304. The second-order valence-electron chi connectivity index (χ2n) is 3.74. The number of amides is 1. The number of carbonyl (C=O) groups excluding carboxylic acids is 1. The summed E-state index contributed by atoms with van der Waals surface area (Å²) < 4.78 is 5.22. The number of thioether (sulfide) groups is 1. The van der Waals surface area contributed by atoms with Crippen molar-refractivity contribution in [2.24, 2.45) is 0 Å². The molecule has 1 amide bonds. The lowest BCUT2D eigenvalue weighted by atomic mass is 10.2. The van der Waals surface area contributed by atoms with Crippen molar-refractivity contribution in [2.45, 2.75) is 31.1 Å². The zero-order chi connectivity index (χ0) is 12.0. The highest BCUT2D eigenvalue weighted by Crippen LogP contribution is 2.21. The summed E-state index contributed by atoms with van der Waals surface area (Å²) in [5.74, 6) is -0.550. The Labute approximate surface area is 98.9 Å². The number of hydrogen-bond donors (Lipinski definition) is 2. The summed E-state index contributed by atoms with van der Waals surface area (Å²) in [4.78, 5) is 21.6. The average Bonchev–Trinajstić information content (AvgIpc) is 2.68. The maximum atomic E-state index is 10.8. The van der Waals surface area contributed by atoms with Crippen LogP contribution < -0.4 is 5.32 Å². The molecule has 0 aliphatic carbocycles. The molecule has 1 saturated heterocycles. The number of carboxylic acids is 1. The molecule has 92 valence electrons. The van der Waals surface area contributed by atoms with Gasteiger partial charge in [-0.1, -0.05) is 0 Å². The van der Waals surface area contributed by atoms with Crippen LogP contribution in [0.3, 0.4) is 0 Å². The van der Waals surface area contributed by atoms with E-state index in [0.29, 0.717) is 11.7 Å². The van der Waals surface area contributed by atoms with Crippen LogP contribution >= 0.6 is 11.8 Å². The number of ether oxygens (including phenoxy) is 1. The van der Waals surface area contributed by atoms with Crippen molar-refractivity contribution in [3.8, 4) is 0 Å². The maximum absolute atomic E-state index is 10.8. The lowest BCUT2D eigenvalue weighted by Crippen LogP contribution is -2.40. The van der Waals surface area contributed by atoms with Gasteiger partial charge >= 0.3 is 5.97 Å². The molecule has 0 aromatic rings. The lowest BCUT2D eigenvalue weighted by Gasteiger charge is -2.14. The molecule has 0 saturated carbocycles. The summed E-state index contributed by atoms with van der Waals surface area (Å²) >= 11 is 1.72. The largest absolute Gasteiger partial charge is 0.480 e. The highest BCUT2D eigenvalue weighted by atomic mass is 32.2. The van der Waals surface area contributed by atoms with Gasteiger partial charge in [0.15, 0.2) is 0 Å². The Balaban J connectivity index is 2.21. The van der Waals surface area contributed by atoms with E-state index in [4.69, 9.17) is 9.84 Å². The van der Waals surface area contributed by atoms with Crippen molar-refractivity contribution >= 4 is 23.6 Å². The molecule has 0 aromatic heterocycles. The maximum Gasteiger partial charge on any atom is 0.326 e. The Morgan fingerprint density at radius 1 is 1.62 bits per heavy atom. The van der Waals surface area contributed by atoms with Gasteiger partial charge in [0.1, 0.15) is 6.04 Å². The van der Waals surface area contributed by atoms with E-state index in [1.54, 1.807) is 11.8 Å². The van der Waals surface area contributed by atoms with Crippen molar-refractivity contribution < 1.29 is 19.4 Å². The second kappa shape index (κ2) is 6.75. The van der Waals surface area contributed by atoms with Crippen LogP contribution in [0.15, 0.2) is 0 Å². The van der Waals surface area contributed by atoms with E-state index in [1.165, 1.54) is 6.92 Å². The minimum Gasteiger partial charge on any atom is -0.480 e. The van der Waals surface area contributed by atoms with Crippen LogP contribution in [0.4, 0.5) is 0 Å². The predicted molar refractivity (Wildman–Crippen MR) is 61.5 cm³/mol. The van der Waals surface area contributed by atoms with E-state index < -0.39 is 12.0 Å². The topological polar surface area (TPSA) is 75.6 Å². The number of nitrogens with one attached hydrogen (secondary N) is 1. The summed E-state index contributed by atoms with van der Waals surface area (Å²) in [5, 5.41) is 11.8. The first-order chi connectivity index (χ1) is 7.59. The van der Waals surface area contributed by atoms with Crippen LogP contribution in [-0.4, -0.2) is 47.2 Å². The molecular formula is C10H17NO4S. The van der Waals surface area contributed by atoms with E-state index in [1.807, 2.05) is 0 Å². The van der Waals surface area contributed by atoms with Gasteiger partial charge in [-0.3, -0.25) is 4.79 Å². The van der Waals surface area contributed by atoms with Crippen molar-refractivity contribution in [1.29, 1.82) is 0 Å². The molecule has 0 radical (unpaired) electrons. The number of aliphatic carboxylic acids is 1. The standard InChI is InChI=1S/C10H17NO4S/c1-7(12)11-9(10(13)14)3-5-16-8-2-4-15-6-8/h8-9H,2-6H2,1H3,(H,11,12)(H,13,14). The van der Waals surface area contributed by atoms with Gasteiger partial charge in [0.05, 0.1) is 6.61 Å². The molecule has 5 nitrogen and oxygen atoms in total. The highest BCUT2D eigenvalue weighted by Gasteiger charge is 2.20. The molecule has 2 atom stereocenters. The fraction of sp³-hybridized carbons (Fsp3) is 0.800. The van der Waals surface area contributed by atoms with Crippen molar-refractivity contribution in [1.82, 2.24) is 5.32 Å². The van der Waals surface area contributed by atoms with Crippen LogP contribution in [-0.2, 0) is 14.3 Å². The van der Waals surface area contributed by atoms with Gasteiger partial charge in [0.2, 0.25) is 5.91 Å². The van der Waals surface area contributed by atoms with E-state index in [-0.39, 0.29) is 5.91 Å². The molecule has 16 heavy (non-hydrogen) atoms. The number of carboxylic acid groups (broad SMARTS) is 1. The first-order valence-corrected chi connectivity index (χ1v) is 6.33. The van der Waals surface area contributed by atoms with Crippen molar-refractivity contribution in [3.63, 3.8) is 0 Å². The van der Waals surface area contributed by atoms with Crippen molar-refractivity contribution in [2.75, 3.05) is 19.0 Å². The third kappa shape index (κ3) is 4.85. The molecule has 0 spiro atoms. The summed E-state index contributed by atoms with van der Waals surface area (Å²) in [7, 11) is 0. The van der Waals surface area contributed by atoms with Gasteiger partial charge < -0.3 is 15.2 Å². The quantitative estimate of drug-likeness (QED) is 0.714. The SMILES string of the molecule is CC(=O)NC(CCSC1CCOC1)C(=O)O. The Morgan fingerprint density at radius 2 is 2.38 bits per heavy atom. The monoisotopic (exact) mass is 247 g/mol. The zero-order valence-corrected chi connectivity index (χ0v) is 10.1. The normalized spacial score (nSPS) is 21.7. The van der Waals surface area contributed by atoms with Crippen molar-refractivity contribution in [3.05, 3.63) is 0 Å². The molecular weight excluding hydrogens is 230 g/mol. The highest BCUT2D eigenvalue weighted by molar-refractivity contribution is 7.99. The van der Waals surface area contributed by atoms with E-state index >= 15 is 0 Å². The summed E-state index contributed by atoms with van der Waals surface area (Å²) in [6.07, 6.45) is 1.48. The number of rotatable bonds is 6. The first kappa shape index (κ1) is 13.3. The third-order valence-electron chi connectivity index (χ3n) is 2.32. The molecule has 1 aliphatic heterocycles. The molecule has 1 aliphatic rings. The third-order valence-corrected chi connectivity index (χ3v) is 3.64. The van der Waals surface area contributed by atoms with E-state index in [2.05, 4.69) is 5.32 Å². The lowest BCUT2D eigenvalue weighted by molar-refractivity contribution is -0.141. The van der Waals surface area contributed by atoms with E-state index in [0.717, 1.165) is 25.4 Å². The molecule has 1 rings (SSSR count). The molecule has 0 aromatic carbocycles. The fourth-order valence-corrected chi connectivity index (χ4v) is 2.66.